The van der Waals surface area contributed by atoms with E-state index in [4.69, 9.17) is 9.84 Å². The minimum Gasteiger partial charge on any atom is -0.496 e. The summed E-state index contributed by atoms with van der Waals surface area (Å²) in [6, 6.07) is 12.1. The molecule has 0 bridgehead atoms. The number of hydrogen-bond donors (Lipinski definition) is 0. The Bertz CT molecular complexity index is 994. The van der Waals surface area contributed by atoms with Crippen molar-refractivity contribution in [2.45, 2.75) is 13.8 Å². The Kier molecular flexibility index (Phi) is 5.85. The second-order valence-corrected chi connectivity index (χ2v) is 7.64. The largest absolute Gasteiger partial charge is 0.496 e. The summed E-state index contributed by atoms with van der Waals surface area (Å²) in [5, 5.41) is 8.99. The number of methoxy groups -OCH3 is 1. The van der Waals surface area contributed by atoms with Crippen LogP contribution in [0.4, 0.5) is 0 Å². The first-order valence-electron chi connectivity index (χ1n) is 8.18. The van der Waals surface area contributed by atoms with Gasteiger partial charge < -0.3 is 4.74 Å². The zero-order chi connectivity index (χ0) is 18.5. The summed E-state index contributed by atoms with van der Waals surface area (Å²) < 4.78 is 7.44. The number of thiazole rings is 1. The number of nitrogens with zero attached hydrogens (tertiary/aromatic N) is 3. The molecule has 2 heterocycles. The molecule has 0 spiro atoms. The third kappa shape index (κ3) is 4.03. The number of thiophene rings is 1. The number of benzene rings is 1. The highest BCUT2D eigenvalue weighted by atomic mass is 32.1. The second kappa shape index (κ2) is 8.29. The first kappa shape index (κ1) is 18.4. The first-order valence-corrected chi connectivity index (χ1v) is 9.94. The van der Waals surface area contributed by atoms with Crippen LogP contribution in [0.3, 0.4) is 0 Å². The van der Waals surface area contributed by atoms with E-state index in [0.717, 1.165) is 38.0 Å². The van der Waals surface area contributed by atoms with Gasteiger partial charge >= 0.3 is 0 Å². The molecule has 0 unspecified atom stereocenters. The zero-order valence-electron chi connectivity index (χ0n) is 15.1. The van der Waals surface area contributed by atoms with Crippen molar-refractivity contribution in [3.63, 3.8) is 0 Å². The molecule has 0 aliphatic carbocycles. The number of hydrogen-bond acceptors (Lipinski definition) is 5. The van der Waals surface area contributed by atoms with E-state index >= 15 is 0 Å². The lowest BCUT2D eigenvalue weighted by Crippen LogP contribution is -2.14. The lowest BCUT2D eigenvalue weighted by molar-refractivity contribution is 0.416. The number of rotatable bonds is 6. The van der Waals surface area contributed by atoms with Crippen LogP contribution in [0.5, 0.6) is 5.75 Å². The normalized spacial score (nSPS) is 12.4. The van der Waals surface area contributed by atoms with Gasteiger partial charge in [-0.25, -0.2) is 4.68 Å². The van der Waals surface area contributed by atoms with Crippen molar-refractivity contribution < 1.29 is 4.74 Å². The molecule has 0 atom stereocenters. The van der Waals surface area contributed by atoms with Crippen LogP contribution in [0.2, 0.25) is 0 Å². The van der Waals surface area contributed by atoms with Crippen LogP contribution in [-0.4, -0.2) is 24.0 Å². The molecule has 134 valence electrons. The topological polar surface area (TPSA) is 38.9 Å². The van der Waals surface area contributed by atoms with Gasteiger partial charge in [0.25, 0.3) is 0 Å². The second-order valence-electron chi connectivity index (χ2n) is 5.85. The Labute approximate surface area is 161 Å². The van der Waals surface area contributed by atoms with Crippen molar-refractivity contribution in [1.82, 2.24) is 4.68 Å². The maximum Gasteiger partial charge on any atom is 0.206 e. The highest BCUT2D eigenvalue weighted by molar-refractivity contribution is 7.12. The summed E-state index contributed by atoms with van der Waals surface area (Å²) in [4.78, 5) is 6.66. The molecule has 3 aromatic rings. The van der Waals surface area contributed by atoms with E-state index in [0.29, 0.717) is 6.54 Å². The number of aromatic nitrogens is 1. The van der Waals surface area contributed by atoms with Gasteiger partial charge in [-0.1, -0.05) is 30.4 Å². The lowest BCUT2D eigenvalue weighted by atomic mass is 10.1. The maximum atomic E-state index is 5.54. The summed E-state index contributed by atoms with van der Waals surface area (Å²) >= 11 is 3.24. The van der Waals surface area contributed by atoms with Crippen LogP contribution < -0.4 is 9.54 Å². The molecule has 0 radical (unpaired) electrons. The van der Waals surface area contributed by atoms with Gasteiger partial charge in [-0.15, -0.1) is 22.7 Å². The molecule has 0 aliphatic heterocycles. The summed E-state index contributed by atoms with van der Waals surface area (Å²) in [5.41, 5.74) is 3.92. The molecule has 0 saturated carbocycles. The van der Waals surface area contributed by atoms with Crippen molar-refractivity contribution in [3.05, 3.63) is 69.0 Å². The Morgan fingerprint density at radius 3 is 2.65 bits per heavy atom. The van der Waals surface area contributed by atoms with E-state index < -0.39 is 0 Å². The highest BCUT2D eigenvalue weighted by Gasteiger charge is 2.13. The van der Waals surface area contributed by atoms with Gasteiger partial charge in [0.15, 0.2) is 0 Å². The van der Waals surface area contributed by atoms with Crippen molar-refractivity contribution >= 4 is 28.4 Å². The standard InChI is InChI=1S/C20H21N3OS2/c1-14(2)12-21-20-23(22-15(3)19-10-7-11-25-19)17(13-26-20)16-8-5-6-9-18(16)24-4/h5-11,13H,1,12H2,2-4H3. The molecule has 3 rings (SSSR count). The molecule has 1 aromatic carbocycles. The predicted molar refractivity (Wildman–Crippen MR) is 111 cm³/mol. The van der Waals surface area contributed by atoms with Crippen molar-refractivity contribution in [1.29, 1.82) is 0 Å². The summed E-state index contributed by atoms with van der Waals surface area (Å²) in [5.74, 6) is 0.814. The Morgan fingerprint density at radius 1 is 1.15 bits per heavy atom. The Morgan fingerprint density at radius 2 is 1.96 bits per heavy atom. The van der Waals surface area contributed by atoms with E-state index in [-0.39, 0.29) is 0 Å². The average Bonchev–Trinajstić information content (AvgIpc) is 3.30. The van der Waals surface area contributed by atoms with Gasteiger partial charge in [0.05, 0.1) is 29.9 Å². The molecular formula is C20H21N3OS2. The quantitative estimate of drug-likeness (QED) is 0.434. The predicted octanol–water partition coefficient (Wildman–Crippen LogP) is 5.04. The average molecular weight is 384 g/mol. The zero-order valence-corrected chi connectivity index (χ0v) is 16.7. The van der Waals surface area contributed by atoms with Gasteiger partial charge in [-0.3, -0.25) is 4.99 Å². The van der Waals surface area contributed by atoms with Crippen LogP contribution in [0.25, 0.3) is 11.3 Å². The molecule has 4 nitrogen and oxygen atoms in total. The van der Waals surface area contributed by atoms with Crippen LogP contribution in [-0.2, 0) is 0 Å². The fourth-order valence-corrected chi connectivity index (χ4v) is 3.93. The van der Waals surface area contributed by atoms with Crippen LogP contribution in [0, 0.1) is 0 Å². The molecule has 0 amide bonds. The molecule has 26 heavy (non-hydrogen) atoms. The third-order valence-corrected chi connectivity index (χ3v) is 5.51. The van der Waals surface area contributed by atoms with Crippen molar-refractivity contribution in [3.8, 4) is 17.0 Å². The van der Waals surface area contributed by atoms with Gasteiger partial charge in [-0.2, -0.15) is 5.10 Å². The molecule has 0 N–H and O–H groups in total. The summed E-state index contributed by atoms with van der Waals surface area (Å²) in [6.45, 7) is 8.52. The van der Waals surface area contributed by atoms with Gasteiger partial charge in [-0.05, 0) is 37.4 Å². The molecule has 0 aliphatic rings. The Balaban J connectivity index is 2.18. The fraction of sp³-hybridized carbons (Fsp3) is 0.200. The van der Waals surface area contributed by atoms with Gasteiger partial charge in [0.1, 0.15) is 5.75 Å². The molecule has 6 heteroatoms. The first-order chi connectivity index (χ1) is 12.6. The Hall–Kier alpha value is -2.44. The van der Waals surface area contributed by atoms with Crippen LogP contribution >= 0.6 is 22.7 Å². The monoisotopic (exact) mass is 383 g/mol. The number of ether oxygens (including phenoxy) is 1. The summed E-state index contributed by atoms with van der Waals surface area (Å²) in [7, 11) is 1.68. The highest BCUT2D eigenvalue weighted by Crippen LogP contribution is 2.30. The third-order valence-electron chi connectivity index (χ3n) is 3.68. The maximum absolute atomic E-state index is 5.54. The minimum absolute atomic E-state index is 0.583. The fourth-order valence-electron chi connectivity index (χ4n) is 2.43. The van der Waals surface area contributed by atoms with E-state index in [1.165, 1.54) is 0 Å². The van der Waals surface area contributed by atoms with Crippen molar-refractivity contribution in [2.24, 2.45) is 10.1 Å². The van der Waals surface area contributed by atoms with Crippen LogP contribution in [0.1, 0.15) is 18.7 Å². The van der Waals surface area contributed by atoms with Crippen molar-refractivity contribution in [2.75, 3.05) is 13.7 Å². The molecule has 0 fully saturated rings. The lowest BCUT2D eigenvalue weighted by Gasteiger charge is -2.09. The SMILES string of the molecule is C=C(C)CN=c1scc(-c2ccccc2OC)n1N=C(C)c1cccs1. The summed E-state index contributed by atoms with van der Waals surface area (Å²) in [6.07, 6.45) is 0. The molecular weight excluding hydrogens is 362 g/mol. The van der Waals surface area contributed by atoms with Gasteiger partial charge in [0, 0.05) is 10.9 Å². The molecule has 2 aromatic heterocycles. The smallest absolute Gasteiger partial charge is 0.206 e. The van der Waals surface area contributed by atoms with E-state index in [9.17, 15) is 0 Å². The van der Waals surface area contributed by atoms with E-state index in [1.54, 1.807) is 29.8 Å². The van der Waals surface area contributed by atoms with E-state index in [2.05, 4.69) is 28.4 Å². The van der Waals surface area contributed by atoms with E-state index in [1.807, 2.05) is 48.9 Å². The molecule has 0 saturated heterocycles. The minimum atomic E-state index is 0.583. The van der Waals surface area contributed by atoms with Crippen LogP contribution in [0.15, 0.2) is 69.4 Å². The van der Waals surface area contributed by atoms with Gasteiger partial charge in [0.2, 0.25) is 4.80 Å². The number of para-hydroxylation sites is 1.